The van der Waals surface area contributed by atoms with Crippen LogP contribution in [0.3, 0.4) is 0 Å². The van der Waals surface area contributed by atoms with E-state index in [0.717, 1.165) is 16.7 Å². The molecule has 0 bridgehead atoms. The third-order valence-corrected chi connectivity index (χ3v) is 5.45. The van der Waals surface area contributed by atoms with Gasteiger partial charge in [0.25, 0.3) is 0 Å². The average molecular weight is 406 g/mol. The molecule has 3 aromatic rings. The zero-order valence-corrected chi connectivity index (χ0v) is 17.1. The average Bonchev–Trinajstić information content (AvgIpc) is 2.79. The molecule has 30 heavy (non-hydrogen) atoms. The minimum absolute atomic E-state index is 0.0995. The smallest absolute Gasteiger partial charge is 0.303 e. The molecule has 0 aliphatic carbocycles. The van der Waals surface area contributed by atoms with Gasteiger partial charge in [0.05, 0.1) is 25.7 Å². The second kappa shape index (κ2) is 9.46. The van der Waals surface area contributed by atoms with E-state index in [0.29, 0.717) is 11.5 Å². The van der Waals surface area contributed by atoms with Crippen LogP contribution in [0, 0.1) is 0 Å². The lowest BCUT2D eigenvalue weighted by molar-refractivity contribution is -0.137. The molecular weight excluding hydrogens is 380 g/mol. The number of aliphatic hydroxyl groups excluding tert-OH is 1. The summed E-state index contributed by atoms with van der Waals surface area (Å²) < 4.78 is 10.6. The molecule has 0 aliphatic rings. The monoisotopic (exact) mass is 406 g/mol. The normalized spacial score (nSPS) is 12.2. The number of carbonyl (C=O) groups is 1. The van der Waals surface area contributed by atoms with E-state index >= 15 is 0 Å². The van der Waals surface area contributed by atoms with E-state index in [1.54, 1.807) is 14.2 Å². The highest BCUT2D eigenvalue weighted by Crippen LogP contribution is 2.44. The molecule has 0 amide bonds. The summed E-state index contributed by atoms with van der Waals surface area (Å²) in [5, 5.41) is 20.7. The van der Waals surface area contributed by atoms with Crippen LogP contribution in [0.25, 0.3) is 0 Å². The van der Waals surface area contributed by atoms with Crippen molar-refractivity contribution in [2.24, 2.45) is 0 Å². The number of hydrogen-bond donors (Lipinski definition) is 2. The van der Waals surface area contributed by atoms with Crippen LogP contribution in [-0.4, -0.2) is 36.5 Å². The number of aliphatic carboxylic acids is 1. The summed E-state index contributed by atoms with van der Waals surface area (Å²) in [6.45, 7) is 0. The van der Waals surface area contributed by atoms with Gasteiger partial charge in [0.2, 0.25) is 0 Å². The van der Waals surface area contributed by atoms with E-state index in [-0.39, 0.29) is 12.8 Å². The van der Waals surface area contributed by atoms with E-state index in [1.165, 1.54) is 0 Å². The fourth-order valence-corrected chi connectivity index (χ4v) is 3.96. The Morgan fingerprint density at radius 1 is 0.800 bits per heavy atom. The van der Waals surface area contributed by atoms with Crippen molar-refractivity contribution in [2.45, 2.75) is 24.4 Å². The Morgan fingerprint density at radius 2 is 1.23 bits per heavy atom. The van der Waals surface area contributed by atoms with Gasteiger partial charge in [0.1, 0.15) is 11.5 Å². The van der Waals surface area contributed by atoms with Gasteiger partial charge in [-0.05, 0) is 47.4 Å². The van der Waals surface area contributed by atoms with Crippen molar-refractivity contribution in [3.8, 4) is 11.5 Å². The predicted molar refractivity (Wildman–Crippen MR) is 115 cm³/mol. The van der Waals surface area contributed by atoms with Crippen LogP contribution < -0.4 is 9.47 Å². The highest BCUT2D eigenvalue weighted by atomic mass is 16.5. The molecule has 0 spiro atoms. The van der Waals surface area contributed by atoms with Gasteiger partial charge in [-0.1, -0.05) is 54.6 Å². The van der Waals surface area contributed by atoms with Crippen LogP contribution in [0.4, 0.5) is 0 Å². The molecule has 0 radical (unpaired) electrons. The number of carboxylic acid groups (broad SMARTS) is 1. The second-order valence-electron chi connectivity index (χ2n) is 7.08. The van der Waals surface area contributed by atoms with E-state index in [4.69, 9.17) is 9.47 Å². The first kappa shape index (κ1) is 21.4. The molecule has 3 aromatic carbocycles. The zero-order valence-electron chi connectivity index (χ0n) is 17.1. The molecule has 156 valence electrons. The van der Waals surface area contributed by atoms with Crippen LogP contribution in [0.15, 0.2) is 78.9 Å². The van der Waals surface area contributed by atoms with Crippen molar-refractivity contribution in [1.29, 1.82) is 0 Å². The van der Waals surface area contributed by atoms with Crippen molar-refractivity contribution in [1.82, 2.24) is 0 Å². The van der Waals surface area contributed by atoms with Gasteiger partial charge in [0, 0.05) is 6.42 Å². The topological polar surface area (TPSA) is 76.0 Å². The third kappa shape index (κ3) is 4.16. The molecule has 5 heteroatoms. The Morgan fingerprint density at radius 3 is 1.63 bits per heavy atom. The molecule has 0 aliphatic heterocycles. The summed E-state index contributed by atoms with van der Waals surface area (Å²) in [4.78, 5) is 11.3. The van der Waals surface area contributed by atoms with Gasteiger partial charge >= 0.3 is 5.97 Å². The summed E-state index contributed by atoms with van der Waals surface area (Å²) in [7, 11) is 3.20. The lowest BCUT2D eigenvalue weighted by Crippen LogP contribution is -2.42. The highest BCUT2D eigenvalue weighted by molar-refractivity contribution is 5.67. The number of carboxylic acids is 1. The number of ether oxygens (including phenoxy) is 2. The van der Waals surface area contributed by atoms with Crippen molar-refractivity contribution in [3.05, 3.63) is 95.6 Å². The van der Waals surface area contributed by atoms with E-state index in [1.807, 2.05) is 78.9 Å². The molecule has 0 heterocycles. The first-order chi connectivity index (χ1) is 14.5. The summed E-state index contributed by atoms with van der Waals surface area (Å²) in [5.74, 6) is 0.464. The van der Waals surface area contributed by atoms with Gasteiger partial charge in [-0.2, -0.15) is 0 Å². The summed E-state index contributed by atoms with van der Waals surface area (Å²) in [6, 6.07) is 24.7. The second-order valence-corrected chi connectivity index (χ2v) is 7.08. The Hall–Kier alpha value is -3.31. The van der Waals surface area contributed by atoms with Crippen molar-refractivity contribution < 1.29 is 24.5 Å². The quantitative estimate of drug-likeness (QED) is 0.519. The first-order valence-corrected chi connectivity index (χ1v) is 9.76. The van der Waals surface area contributed by atoms with Crippen LogP contribution >= 0.6 is 0 Å². The lowest BCUT2D eigenvalue weighted by Gasteiger charge is -2.40. The molecule has 2 N–H and O–H groups in total. The highest BCUT2D eigenvalue weighted by Gasteiger charge is 2.43. The van der Waals surface area contributed by atoms with Gasteiger partial charge in [-0.15, -0.1) is 0 Å². The Balaban J connectivity index is 2.27. The van der Waals surface area contributed by atoms with Crippen LogP contribution in [0.2, 0.25) is 0 Å². The van der Waals surface area contributed by atoms with Crippen molar-refractivity contribution >= 4 is 5.97 Å². The SMILES string of the molecule is COc1ccc(C(c2ccccc2)(c2ccc(OC)cc2)C(O)CCC(=O)O)cc1. The molecule has 0 aromatic heterocycles. The molecular formula is C25H26O5. The molecule has 0 fully saturated rings. The summed E-state index contributed by atoms with van der Waals surface area (Å²) in [6.07, 6.45) is -1.01. The number of aliphatic hydroxyl groups is 1. The Kier molecular flexibility index (Phi) is 6.75. The Bertz CT molecular complexity index is 902. The molecule has 3 rings (SSSR count). The number of methoxy groups -OCH3 is 2. The maximum Gasteiger partial charge on any atom is 0.303 e. The maximum absolute atomic E-state index is 11.5. The van der Waals surface area contributed by atoms with E-state index < -0.39 is 17.5 Å². The molecule has 1 unspecified atom stereocenters. The van der Waals surface area contributed by atoms with Gasteiger partial charge in [-0.25, -0.2) is 0 Å². The van der Waals surface area contributed by atoms with Crippen molar-refractivity contribution in [2.75, 3.05) is 14.2 Å². The minimum Gasteiger partial charge on any atom is -0.497 e. The standard InChI is InChI=1S/C25H26O5/c1-29-21-12-8-19(9-13-21)25(18-6-4-3-5-7-18,23(26)16-17-24(27)28)20-10-14-22(30-2)15-11-20/h3-15,23,26H,16-17H2,1-2H3,(H,27,28). The minimum atomic E-state index is -0.974. The van der Waals surface area contributed by atoms with Gasteiger partial charge in [0.15, 0.2) is 0 Å². The summed E-state index contributed by atoms with van der Waals surface area (Å²) in [5.41, 5.74) is 1.60. The number of hydrogen-bond acceptors (Lipinski definition) is 4. The largest absolute Gasteiger partial charge is 0.497 e. The van der Waals surface area contributed by atoms with Gasteiger partial charge in [-0.3, -0.25) is 4.79 Å². The molecule has 0 saturated carbocycles. The Labute approximate surface area is 176 Å². The number of rotatable bonds is 9. The molecule has 0 saturated heterocycles. The van der Waals surface area contributed by atoms with Gasteiger partial charge < -0.3 is 19.7 Å². The van der Waals surface area contributed by atoms with Crippen LogP contribution in [0.1, 0.15) is 29.5 Å². The van der Waals surface area contributed by atoms with E-state index in [9.17, 15) is 15.0 Å². The van der Waals surface area contributed by atoms with Crippen LogP contribution in [0.5, 0.6) is 11.5 Å². The molecule has 5 nitrogen and oxygen atoms in total. The maximum atomic E-state index is 11.5. The van der Waals surface area contributed by atoms with Crippen LogP contribution in [-0.2, 0) is 10.2 Å². The molecule has 1 atom stereocenters. The number of benzene rings is 3. The lowest BCUT2D eigenvalue weighted by atomic mass is 9.65. The first-order valence-electron chi connectivity index (χ1n) is 9.76. The van der Waals surface area contributed by atoms with E-state index in [2.05, 4.69) is 0 Å². The summed E-state index contributed by atoms with van der Waals surface area (Å²) >= 11 is 0. The fraction of sp³-hybridized carbons (Fsp3) is 0.240. The van der Waals surface area contributed by atoms with Crippen molar-refractivity contribution in [3.63, 3.8) is 0 Å². The fourth-order valence-electron chi connectivity index (χ4n) is 3.96. The zero-order chi connectivity index (χ0) is 21.6. The predicted octanol–water partition coefficient (Wildman–Crippen LogP) is 4.26. The third-order valence-electron chi connectivity index (χ3n) is 5.45.